The van der Waals surface area contributed by atoms with Gasteiger partial charge in [-0.3, -0.25) is 0 Å². The maximum absolute atomic E-state index is 8.55. The zero-order valence-corrected chi connectivity index (χ0v) is 7.80. The number of rotatable bonds is 0. The third kappa shape index (κ3) is 2.38. The lowest BCUT2D eigenvalue weighted by Gasteiger charge is -1.88. The Balaban J connectivity index is 2.96. The first-order chi connectivity index (χ1) is 5.86. The van der Waals surface area contributed by atoms with Gasteiger partial charge < -0.3 is 0 Å². The normalized spacial score (nSPS) is 8.00. The molecule has 0 N–H and O–H groups in total. The summed E-state index contributed by atoms with van der Waals surface area (Å²) < 4.78 is 0. The summed E-state index contributed by atoms with van der Waals surface area (Å²) in [4.78, 5) is 3.98. The number of hydrogen-bond acceptors (Lipinski definition) is 2. The lowest BCUT2D eigenvalue weighted by molar-refractivity contribution is 1.27. The number of nitriles is 1. The van der Waals surface area contributed by atoms with Gasteiger partial charge in [-0.05, 0) is 18.1 Å². The maximum Gasteiger partial charge on any atom is 0.114 e. The second kappa shape index (κ2) is 4.54. The molecule has 0 aliphatic rings. The van der Waals surface area contributed by atoms with Gasteiger partial charge in [0, 0.05) is 6.20 Å². The second-order valence-electron chi connectivity index (χ2n) is 1.98. The average Bonchev–Trinajstić information content (AvgIpc) is 2.15. The van der Waals surface area contributed by atoms with Gasteiger partial charge in [0.15, 0.2) is 0 Å². The summed E-state index contributed by atoms with van der Waals surface area (Å²) in [5.74, 6) is 5.62. The van der Waals surface area contributed by atoms with Gasteiger partial charge in [-0.2, -0.15) is 5.26 Å². The minimum atomic E-state index is 0.587. The molecule has 2 nitrogen and oxygen atoms in total. The fraction of sp³-hybridized carbons (Fsp3) is 0.111. The summed E-state index contributed by atoms with van der Waals surface area (Å²) in [6.45, 7) is 0. The molecule has 1 aromatic rings. The first kappa shape index (κ1) is 8.77. The van der Waals surface area contributed by atoms with Gasteiger partial charge in [-0.15, -0.1) is 0 Å². The van der Waals surface area contributed by atoms with Crippen LogP contribution in [0.3, 0.4) is 0 Å². The SMILES string of the molecule is N#Cc1ccnc(C#CCBr)c1. The molecule has 0 saturated carbocycles. The summed E-state index contributed by atoms with van der Waals surface area (Å²) in [5.41, 5.74) is 1.22. The van der Waals surface area contributed by atoms with Gasteiger partial charge in [0.25, 0.3) is 0 Å². The molecule has 1 aromatic heterocycles. The highest BCUT2D eigenvalue weighted by Crippen LogP contribution is 1.97. The molecule has 0 aromatic carbocycles. The van der Waals surface area contributed by atoms with Crippen LogP contribution in [0.25, 0.3) is 0 Å². The van der Waals surface area contributed by atoms with Crippen molar-refractivity contribution in [2.45, 2.75) is 0 Å². The van der Waals surface area contributed by atoms with E-state index >= 15 is 0 Å². The molecule has 0 unspecified atom stereocenters. The van der Waals surface area contributed by atoms with Crippen molar-refractivity contribution in [2.24, 2.45) is 0 Å². The summed E-state index contributed by atoms with van der Waals surface area (Å²) in [5, 5.41) is 9.17. The van der Waals surface area contributed by atoms with Gasteiger partial charge in [-0.25, -0.2) is 4.98 Å². The van der Waals surface area contributed by atoms with E-state index in [-0.39, 0.29) is 0 Å². The van der Waals surface area contributed by atoms with Crippen molar-refractivity contribution >= 4 is 15.9 Å². The molecule has 0 spiro atoms. The predicted molar refractivity (Wildman–Crippen MR) is 49.6 cm³/mol. The van der Waals surface area contributed by atoms with Crippen LogP contribution in [0.5, 0.6) is 0 Å². The van der Waals surface area contributed by atoms with Crippen molar-refractivity contribution in [3.63, 3.8) is 0 Å². The molecule has 12 heavy (non-hydrogen) atoms. The third-order valence-corrected chi connectivity index (χ3v) is 1.45. The van der Waals surface area contributed by atoms with Crippen LogP contribution in [-0.2, 0) is 0 Å². The molecule has 0 aliphatic carbocycles. The Morgan fingerprint density at radius 2 is 2.42 bits per heavy atom. The molecule has 0 atom stereocenters. The van der Waals surface area contributed by atoms with Crippen molar-refractivity contribution < 1.29 is 0 Å². The van der Waals surface area contributed by atoms with E-state index in [4.69, 9.17) is 5.26 Å². The molecule has 58 valence electrons. The molecule has 1 heterocycles. The first-order valence-electron chi connectivity index (χ1n) is 3.28. The van der Waals surface area contributed by atoms with E-state index in [0.29, 0.717) is 16.6 Å². The molecule has 0 bridgehead atoms. The standard InChI is InChI=1S/C9H5BrN2/c10-4-1-2-9-6-8(7-11)3-5-12-9/h3,5-6H,4H2. The molecule has 0 fully saturated rings. The Morgan fingerprint density at radius 1 is 1.58 bits per heavy atom. The summed E-state index contributed by atoms with van der Waals surface area (Å²) >= 11 is 3.18. The number of aromatic nitrogens is 1. The first-order valence-corrected chi connectivity index (χ1v) is 4.40. The van der Waals surface area contributed by atoms with Crippen LogP contribution in [0.4, 0.5) is 0 Å². The number of alkyl halides is 1. The zero-order chi connectivity index (χ0) is 8.81. The Morgan fingerprint density at radius 3 is 3.08 bits per heavy atom. The van der Waals surface area contributed by atoms with Crippen molar-refractivity contribution in [1.29, 1.82) is 5.26 Å². The highest BCUT2D eigenvalue weighted by molar-refractivity contribution is 9.09. The van der Waals surface area contributed by atoms with Gasteiger partial charge in [0.1, 0.15) is 5.69 Å². The zero-order valence-electron chi connectivity index (χ0n) is 6.21. The second-order valence-corrected chi connectivity index (χ2v) is 2.54. The van der Waals surface area contributed by atoms with Crippen molar-refractivity contribution in [1.82, 2.24) is 4.98 Å². The molecule has 1 rings (SSSR count). The highest BCUT2D eigenvalue weighted by atomic mass is 79.9. The van der Waals surface area contributed by atoms with E-state index < -0.39 is 0 Å². The van der Waals surface area contributed by atoms with Gasteiger partial charge in [-0.1, -0.05) is 21.9 Å². The summed E-state index contributed by atoms with van der Waals surface area (Å²) in [6.07, 6.45) is 1.58. The Kier molecular flexibility index (Phi) is 3.32. The van der Waals surface area contributed by atoms with Crippen LogP contribution in [0.2, 0.25) is 0 Å². The van der Waals surface area contributed by atoms with Crippen molar-refractivity contribution in [2.75, 3.05) is 5.33 Å². The van der Waals surface area contributed by atoms with E-state index in [1.165, 1.54) is 0 Å². The van der Waals surface area contributed by atoms with Gasteiger partial charge in [0.05, 0.1) is 17.0 Å². The fourth-order valence-electron chi connectivity index (χ4n) is 0.692. The quantitative estimate of drug-likeness (QED) is 0.493. The van der Waals surface area contributed by atoms with E-state index in [0.717, 1.165) is 0 Å². The van der Waals surface area contributed by atoms with Gasteiger partial charge >= 0.3 is 0 Å². The number of pyridine rings is 1. The highest BCUT2D eigenvalue weighted by Gasteiger charge is 1.90. The maximum atomic E-state index is 8.55. The largest absolute Gasteiger partial charge is 0.248 e. The number of hydrogen-bond donors (Lipinski definition) is 0. The lowest BCUT2D eigenvalue weighted by Crippen LogP contribution is -1.83. The van der Waals surface area contributed by atoms with E-state index in [2.05, 4.69) is 32.8 Å². The van der Waals surface area contributed by atoms with Crippen LogP contribution >= 0.6 is 15.9 Å². The number of nitrogens with zero attached hydrogens (tertiary/aromatic N) is 2. The summed E-state index contributed by atoms with van der Waals surface area (Å²) in [6, 6.07) is 5.34. The Labute approximate surface area is 79.4 Å². The molecule has 0 saturated heterocycles. The van der Waals surface area contributed by atoms with E-state index in [9.17, 15) is 0 Å². The fourth-order valence-corrected chi connectivity index (χ4v) is 0.833. The minimum absolute atomic E-state index is 0.587. The Bertz CT molecular complexity index is 368. The third-order valence-electron chi connectivity index (χ3n) is 1.17. The molecular weight excluding hydrogens is 216 g/mol. The molecular formula is C9H5BrN2. The molecule has 0 amide bonds. The lowest BCUT2D eigenvalue weighted by atomic mass is 10.2. The van der Waals surface area contributed by atoms with Crippen molar-refractivity contribution in [3.8, 4) is 17.9 Å². The smallest absolute Gasteiger partial charge is 0.114 e. The van der Waals surface area contributed by atoms with Crippen LogP contribution in [-0.4, -0.2) is 10.3 Å². The monoisotopic (exact) mass is 220 g/mol. The average molecular weight is 221 g/mol. The van der Waals surface area contributed by atoms with Crippen LogP contribution in [0.1, 0.15) is 11.3 Å². The number of halogens is 1. The molecule has 0 aliphatic heterocycles. The summed E-state index contributed by atoms with van der Waals surface area (Å²) in [7, 11) is 0. The van der Waals surface area contributed by atoms with Gasteiger partial charge in [0.2, 0.25) is 0 Å². The Hall–Kier alpha value is -1.32. The molecule has 3 heteroatoms. The van der Waals surface area contributed by atoms with E-state index in [1.54, 1.807) is 18.3 Å². The van der Waals surface area contributed by atoms with Crippen molar-refractivity contribution in [3.05, 3.63) is 29.6 Å². The van der Waals surface area contributed by atoms with E-state index in [1.807, 2.05) is 6.07 Å². The predicted octanol–water partition coefficient (Wildman–Crippen LogP) is 1.70. The minimum Gasteiger partial charge on any atom is -0.248 e. The van der Waals surface area contributed by atoms with Crippen LogP contribution in [0, 0.1) is 23.2 Å². The molecule has 0 radical (unpaired) electrons. The van der Waals surface area contributed by atoms with Crippen LogP contribution in [0.15, 0.2) is 18.3 Å². The topological polar surface area (TPSA) is 36.7 Å². The van der Waals surface area contributed by atoms with Crippen LogP contribution < -0.4 is 0 Å².